The lowest BCUT2D eigenvalue weighted by atomic mass is 10.2. The summed E-state index contributed by atoms with van der Waals surface area (Å²) in [4.78, 5) is 28.4. The van der Waals surface area contributed by atoms with E-state index < -0.39 is 0 Å². The van der Waals surface area contributed by atoms with Crippen LogP contribution in [-0.2, 0) is 9.59 Å². The minimum atomic E-state index is -0.144. The molecule has 0 bridgehead atoms. The number of carbonyl (C=O) groups is 2. The van der Waals surface area contributed by atoms with Gasteiger partial charge in [-0.3, -0.25) is 9.59 Å². The van der Waals surface area contributed by atoms with Crippen molar-refractivity contribution in [3.63, 3.8) is 0 Å². The fraction of sp³-hybridized carbons (Fsp3) is 0.300. The third-order valence-corrected chi connectivity index (χ3v) is 4.40. The van der Waals surface area contributed by atoms with Crippen LogP contribution in [-0.4, -0.2) is 37.5 Å². The van der Waals surface area contributed by atoms with Crippen molar-refractivity contribution in [1.29, 1.82) is 0 Å². The van der Waals surface area contributed by atoms with E-state index in [4.69, 9.17) is 0 Å². The maximum atomic E-state index is 12.4. The average Bonchev–Trinajstić information content (AvgIpc) is 3.01. The van der Waals surface area contributed by atoms with E-state index in [1.807, 2.05) is 72.5 Å². The highest BCUT2D eigenvalue weighted by Crippen LogP contribution is 2.21. The summed E-state index contributed by atoms with van der Waals surface area (Å²) < 4.78 is 0. The quantitative estimate of drug-likeness (QED) is 0.881. The summed E-state index contributed by atoms with van der Waals surface area (Å²) >= 11 is 0. The van der Waals surface area contributed by atoms with Gasteiger partial charge in [-0.05, 0) is 31.2 Å². The Kier molecular flexibility index (Phi) is 5.33. The van der Waals surface area contributed by atoms with Crippen molar-refractivity contribution < 1.29 is 9.59 Å². The molecule has 25 heavy (non-hydrogen) atoms. The molecule has 0 unspecified atom stereocenters. The molecule has 5 nitrogen and oxygen atoms in total. The first kappa shape index (κ1) is 17.0. The van der Waals surface area contributed by atoms with Gasteiger partial charge < -0.3 is 15.1 Å². The van der Waals surface area contributed by atoms with E-state index >= 15 is 0 Å². The second-order valence-corrected chi connectivity index (χ2v) is 6.16. The van der Waals surface area contributed by atoms with Crippen LogP contribution in [0.4, 0.5) is 11.4 Å². The number of hydrogen-bond acceptors (Lipinski definition) is 3. The topological polar surface area (TPSA) is 52.7 Å². The molecule has 2 aromatic carbocycles. The van der Waals surface area contributed by atoms with E-state index in [1.165, 1.54) is 0 Å². The predicted molar refractivity (Wildman–Crippen MR) is 99.7 cm³/mol. The number of amides is 2. The van der Waals surface area contributed by atoms with Gasteiger partial charge in [0.25, 0.3) is 0 Å². The van der Waals surface area contributed by atoms with Crippen LogP contribution >= 0.6 is 0 Å². The highest BCUT2D eigenvalue weighted by Gasteiger charge is 2.31. The molecule has 5 heteroatoms. The Morgan fingerprint density at radius 2 is 1.76 bits per heavy atom. The van der Waals surface area contributed by atoms with Crippen LogP contribution in [0.25, 0.3) is 0 Å². The number of nitrogens with zero attached hydrogens (tertiary/aromatic N) is 2. The SMILES string of the molecule is CCN(CC(=O)N[C@H]1CC(=O)N(c2ccccc2)C1)c1ccccc1. The molecule has 0 aliphatic carbocycles. The van der Waals surface area contributed by atoms with E-state index in [9.17, 15) is 9.59 Å². The van der Waals surface area contributed by atoms with Crippen LogP contribution in [0.5, 0.6) is 0 Å². The first-order chi connectivity index (χ1) is 12.2. The average molecular weight is 337 g/mol. The number of carbonyl (C=O) groups excluding carboxylic acids is 2. The summed E-state index contributed by atoms with van der Waals surface area (Å²) in [7, 11) is 0. The van der Waals surface area contributed by atoms with Gasteiger partial charge in [-0.1, -0.05) is 36.4 Å². The largest absolute Gasteiger partial charge is 0.363 e. The molecular formula is C20H23N3O2. The predicted octanol–water partition coefficient (Wildman–Crippen LogP) is 2.43. The van der Waals surface area contributed by atoms with Gasteiger partial charge in [0.2, 0.25) is 11.8 Å². The van der Waals surface area contributed by atoms with Crippen LogP contribution < -0.4 is 15.1 Å². The second kappa shape index (κ2) is 7.83. The van der Waals surface area contributed by atoms with E-state index in [0.29, 0.717) is 13.0 Å². The summed E-state index contributed by atoms with van der Waals surface area (Å²) in [5, 5.41) is 3.00. The molecule has 1 aliphatic heterocycles. The number of anilines is 2. The normalized spacial score (nSPS) is 16.8. The van der Waals surface area contributed by atoms with Crippen molar-refractivity contribution in [2.45, 2.75) is 19.4 Å². The maximum Gasteiger partial charge on any atom is 0.239 e. The molecule has 1 N–H and O–H groups in total. The van der Waals surface area contributed by atoms with Crippen LogP contribution in [0.15, 0.2) is 60.7 Å². The van der Waals surface area contributed by atoms with Crippen molar-refractivity contribution in [1.82, 2.24) is 5.32 Å². The summed E-state index contributed by atoms with van der Waals surface area (Å²) in [5.74, 6) is -0.00896. The summed E-state index contributed by atoms with van der Waals surface area (Å²) in [6, 6.07) is 19.3. The van der Waals surface area contributed by atoms with Gasteiger partial charge in [-0.25, -0.2) is 0 Å². The van der Waals surface area contributed by atoms with Gasteiger partial charge in [0.15, 0.2) is 0 Å². The van der Waals surface area contributed by atoms with Crippen molar-refractivity contribution in [3.8, 4) is 0 Å². The van der Waals surface area contributed by atoms with E-state index in [-0.39, 0.29) is 24.4 Å². The fourth-order valence-corrected chi connectivity index (χ4v) is 3.13. The van der Waals surface area contributed by atoms with Crippen LogP contribution in [0.3, 0.4) is 0 Å². The molecule has 0 saturated carbocycles. The molecule has 2 amide bonds. The Bertz CT molecular complexity index is 718. The monoisotopic (exact) mass is 337 g/mol. The van der Waals surface area contributed by atoms with Crippen LogP contribution in [0.2, 0.25) is 0 Å². The summed E-state index contributed by atoms with van der Waals surface area (Å²) in [6.07, 6.45) is 0.345. The first-order valence-corrected chi connectivity index (χ1v) is 8.62. The van der Waals surface area contributed by atoms with Gasteiger partial charge >= 0.3 is 0 Å². The Morgan fingerprint density at radius 3 is 2.40 bits per heavy atom. The van der Waals surface area contributed by atoms with Gasteiger partial charge in [-0.15, -0.1) is 0 Å². The number of hydrogen-bond donors (Lipinski definition) is 1. The lowest BCUT2D eigenvalue weighted by Gasteiger charge is -2.23. The van der Waals surface area contributed by atoms with Crippen molar-refractivity contribution in [2.24, 2.45) is 0 Å². The minimum absolute atomic E-state index is 0.0481. The number of nitrogens with one attached hydrogen (secondary N) is 1. The van der Waals surface area contributed by atoms with Crippen molar-refractivity contribution in [3.05, 3.63) is 60.7 Å². The Labute approximate surface area is 148 Å². The zero-order valence-electron chi connectivity index (χ0n) is 14.4. The molecule has 1 saturated heterocycles. The summed E-state index contributed by atoms with van der Waals surface area (Å²) in [6.45, 7) is 3.58. The number of likely N-dealkylation sites (N-methyl/N-ethyl adjacent to an activating group) is 1. The van der Waals surface area contributed by atoms with Crippen LogP contribution in [0.1, 0.15) is 13.3 Å². The minimum Gasteiger partial charge on any atom is -0.363 e. The molecule has 0 aromatic heterocycles. The smallest absolute Gasteiger partial charge is 0.239 e. The van der Waals surface area contributed by atoms with E-state index in [1.54, 1.807) is 4.90 Å². The molecule has 130 valence electrons. The molecule has 1 atom stereocenters. The lowest BCUT2D eigenvalue weighted by Crippen LogP contribution is -2.43. The molecular weight excluding hydrogens is 314 g/mol. The molecule has 1 heterocycles. The highest BCUT2D eigenvalue weighted by atomic mass is 16.2. The lowest BCUT2D eigenvalue weighted by molar-refractivity contribution is -0.120. The van der Waals surface area contributed by atoms with Crippen LogP contribution in [0, 0.1) is 0 Å². The number of para-hydroxylation sites is 2. The standard InChI is InChI=1S/C20H23N3O2/c1-2-22(17-9-5-3-6-10-17)15-19(24)21-16-13-20(25)23(14-16)18-11-7-4-8-12-18/h3-12,16H,2,13-15H2,1H3,(H,21,24)/t16-/m0/s1. The maximum absolute atomic E-state index is 12.4. The molecule has 0 radical (unpaired) electrons. The fourth-order valence-electron chi connectivity index (χ4n) is 3.13. The molecule has 0 spiro atoms. The van der Waals surface area contributed by atoms with E-state index in [2.05, 4.69) is 5.32 Å². The molecule has 2 aromatic rings. The van der Waals surface area contributed by atoms with Gasteiger partial charge in [0, 0.05) is 30.9 Å². The third kappa shape index (κ3) is 4.18. The van der Waals surface area contributed by atoms with E-state index in [0.717, 1.165) is 17.9 Å². The zero-order chi connectivity index (χ0) is 17.6. The Balaban J connectivity index is 1.57. The Hall–Kier alpha value is -2.82. The zero-order valence-corrected chi connectivity index (χ0v) is 14.4. The summed E-state index contributed by atoms with van der Waals surface area (Å²) in [5.41, 5.74) is 1.90. The molecule has 1 aliphatic rings. The number of benzene rings is 2. The Morgan fingerprint density at radius 1 is 1.12 bits per heavy atom. The van der Waals surface area contributed by atoms with Gasteiger partial charge in [0.1, 0.15) is 0 Å². The number of rotatable bonds is 6. The molecule has 1 fully saturated rings. The highest BCUT2D eigenvalue weighted by molar-refractivity contribution is 5.97. The van der Waals surface area contributed by atoms with Crippen molar-refractivity contribution >= 4 is 23.2 Å². The van der Waals surface area contributed by atoms with Gasteiger partial charge in [0.05, 0.1) is 12.6 Å². The van der Waals surface area contributed by atoms with Crippen molar-refractivity contribution in [2.75, 3.05) is 29.4 Å². The first-order valence-electron chi connectivity index (χ1n) is 8.62. The van der Waals surface area contributed by atoms with Gasteiger partial charge in [-0.2, -0.15) is 0 Å². The third-order valence-electron chi connectivity index (χ3n) is 4.40. The molecule has 3 rings (SSSR count). The second-order valence-electron chi connectivity index (χ2n) is 6.16.